The van der Waals surface area contributed by atoms with Gasteiger partial charge in [0.2, 0.25) is 5.91 Å². The molecule has 29 heavy (non-hydrogen) atoms. The van der Waals surface area contributed by atoms with Crippen molar-refractivity contribution in [1.29, 1.82) is 0 Å². The Morgan fingerprint density at radius 2 is 1.83 bits per heavy atom. The van der Waals surface area contributed by atoms with Gasteiger partial charge in [-0.1, -0.05) is 25.7 Å². The van der Waals surface area contributed by atoms with Crippen LogP contribution in [0.1, 0.15) is 69.8 Å². The van der Waals surface area contributed by atoms with Crippen molar-refractivity contribution in [2.45, 2.75) is 83.5 Å². The summed E-state index contributed by atoms with van der Waals surface area (Å²) in [7, 11) is 0. The van der Waals surface area contributed by atoms with Crippen molar-refractivity contribution in [1.82, 2.24) is 14.8 Å². The first kappa shape index (κ1) is 19.8. The normalized spacial score (nSPS) is 23.2. The van der Waals surface area contributed by atoms with Crippen molar-refractivity contribution in [2.24, 2.45) is 0 Å². The molecular formula is C23H31N3O3. The molecule has 1 unspecified atom stereocenters. The number of hydrogen-bond donors (Lipinski definition) is 1. The van der Waals surface area contributed by atoms with E-state index in [1.54, 1.807) is 11.2 Å². The van der Waals surface area contributed by atoms with Gasteiger partial charge >= 0.3 is 0 Å². The van der Waals surface area contributed by atoms with Gasteiger partial charge in [-0.2, -0.15) is 0 Å². The first-order valence-corrected chi connectivity index (χ1v) is 10.8. The molecule has 2 aromatic heterocycles. The average molecular weight is 398 g/mol. The van der Waals surface area contributed by atoms with E-state index in [4.69, 9.17) is 4.42 Å². The van der Waals surface area contributed by atoms with E-state index in [1.807, 2.05) is 49.6 Å². The summed E-state index contributed by atoms with van der Waals surface area (Å²) in [5, 5.41) is 3.28. The van der Waals surface area contributed by atoms with Gasteiger partial charge in [0.05, 0.1) is 18.5 Å². The predicted octanol–water partition coefficient (Wildman–Crippen LogP) is 4.21. The molecule has 1 aliphatic heterocycles. The molecule has 1 atom stereocenters. The number of aromatic nitrogens is 1. The maximum absolute atomic E-state index is 13.5. The average Bonchev–Trinajstić information content (AvgIpc) is 3.26. The van der Waals surface area contributed by atoms with Crippen LogP contribution in [0.25, 0.3) is 11.5 Å². The quantitative estimate of drug-likeness (QED) is 0.786. The standard InChI is InChI=1S/C23H31N3O3/c1-16(2)26-21(27)19-13-12-18(20-11-8-14-29-20)25(19)15-23(26,3)22(28)24-17-9-6-4-5-7-10-17/h8,11-14,16-17H,4-7,9-10,15H2,1-3H3,(H,24,28). The first-order valence-electron chi connectivity index (χ1n) is 10.8. The summed E-state index contributed by atoms with van der Waals surface area (Å²) >= 11 is 0. The third kappa shape index (κ3) is 3.49. The summed E-state index contributed by atoms with van der Waals surface area (Å²) < 4.78 is 7.51. The summed E-state index contributed by atoms with van der Waals surface area (Å²) in [5.41, 5.74) is 0.477. The van der Waals surface area contributed by atoms with Crippen LogP contribution >= 0.6 is 0 Å². The van der Waals surface area contributed by atoms with E-state index in [0.29, 0.717) is 18.0 Å². The van der Waals surface area contributed by atoms with Crippen molar-refractivity contribution in [2.75, 3.05) is 0 Å². The monoisotopic (exact) mass is 397 g/mol. The third-order valence-corrected chi connectivity index (χ3v) is 6.39. The molecule has 0 saturated heterocycles. The number of nitrogens with one attached hydrogen (secondary N) is 1. The second-order valence-electron chi connectivity index (χ2n) is 8.87. The highest BCUT2D eigenvalue weighted by molar-refractivity contribution is 6.00. The second kappa shape index (κ2) is 7.73. The fourth-order valence-corrected chi connectivity index (χ4v) is 4.95. The Morgan fingerprint density at radius 3 is 2.45 bits per heavy atom. The zero-order valence-electron chi connectivity index (χ0n) is 17.6. The molecule has 0 spiro atoms. The number of carbonyl (C=O) groups excluding carboxylic acids is 2. The minimum absolute atomic E-state index is 0.0591. The van der Waals surface area contributed by atoms with Crippen LogP contribution in [0.3, 0.4) is 0 Å². The molecule has 0 radical (unpaired) electrons. The molecule has 2 amide bonds. The molecule has 2 aromatic rings. The lowest BCUT2D eigenvalue weighted by molar-refractivity contribution is -0.134. The molecule has 1 N–H and O–H groups in total. The van der Waals surface area contributed by atoms with Gasteiger partial charge in [0, 0.05) is 12.1 Å². The van der Waals surface area contributed by atoms with E-state index < -0.39 is 5.54 Å². The Kier molecular flexibility index (Phi) is 5.28. The SMILES string of the molecule is CC(C)N1C(=O)c2ccc(-c3ccco3)n2CC1(C)C(=O)NC1CCCCCC1. The fraction of sp³-hybridized carbons (Fsp3) is 0.565. The number of hydrogen-bond acceptors (Lipinski definition) is 3. The van der Waals surface area contributed by atoms with Gasteiger partial charge in [-0.15, -0.1) is 0 Å². The first-order chi connectivity index (χ1) is 13.9. The lowest BCUT2D eigenvalue weighted by Gasteiger charge is -2.47. The molecule has 0 aromatic carbocycles. The summed E-state index contributed by atoms with van der Waals surface area (Å²) in [4.78, 5) is 28.7. The van der Waals surface area contributed by atoms with E-state index in [0.717, 1.165) is 31.4 Å². The van der Waals surface area contributed by atoms with Crippen LogP contribution in [-0.4, -0.2) is 38.9 Å². The van der Waals surface area contributed by atoms with E-state index in [1.165, 1.54) is 12.8 Å². The lowest BCUT2D eigenvalue weighted by Crippen LogP contribution is -2.66. The van der Waals surface area contributed by atoms with E-state index >= 15 is 0 Å². The molecule has 156 valence electrons. The smallest absolute Gasteiger partial charge is 0.271 e. The Morgan fingerprint density at radius 1 is 1.14 bits per heavy atom. The van der Waals surface area contributed by atoms with Crippen molar-refractivity contribution in [3.8, 4) is 11.5 Å². The maximum atomic E-state index is 13.5. The van der Waals surface area contributed by atoms with Gasteiger partial charge in [-0.25, -0.2) is 0 Å². The van der Waals surface area contributed by atoms with Crippen molar-refractivity contribution in [3.63, 3.8) is 0 Å². The van der Waals surface area contributed by atoms with Gasteiger partial charge in [0.1, 0.15) is 17.0 Å². The molecule has 0 bridgehead atoms. The highest BCUT2D eigenvalue weighted by Crippen LogP contribution is 2.34. The zero-order chi connectivity index (χ0) is 20.6. The van der Waals surface area contributed by atoms with Crippen molar-refractivity contribution >= 4 is 11.8 Å². The summed E-state index contributed by atoms with van der Waals surface area (Å²) in [6.07, 6.45) is 8.43. The Bertz CT molecular complexity index is 875. The topological polar surface area (TPSA) is 67.5 Å². The van der Waals surface area contributed by atoms with Gasteiger partial charge in [0.15, 0.2) is 0 Å². The van der Waals surface area contributed by atoms with E-state index in [-0.39, 0.29) is 23.9 Å². The summed E-state index contributed by atoms with van der Waals surface area (Å²) in [5.74, 6) is 0.535. The second-order valence-corrected chi connectivity index (χ2v) is 8.87. The number of amides is 2. The van der Waals surface area contributed by atoms with Crippen LogP contribution in [0.4, 0.5) is 0 Å². The van der Waals surface area contributed by atoms with Gasteiger partial charge in [0.25, 0.3) is 5.91 Å². The van der Waals surface area contributed by atoms with Crippen LogP contribution in [0.15, 0.2) is 34.9 Å². The van der Waals surface area contributed by atoms with Gasteiger partial charge in [-0.05, 0) is 57.9 Å². The number of furan rings is 1. The zero-order valence-corrected chi connectivity index (χ0v) is 17.6. The van der Waals surface area contributed by atoms with Crippen molar-refractivity contribution < 1.29 is 14.0 Å². The Labute approximate surface area is 172 Å². The number of nitrogens with zero attached hydrogens (tertiary/aromatic N) is 2. The summed E-state index contributed by atoms with van der Waals surface area (Å²) in [6.45, 7) is 6.25. The Balaban J connectivity index is 1.68. The predicted molar refractivity (Wildman–Crippen MR) is 111 cm³/mol. The number of rotatable bonds is 4. The molecule has 4 rings (SSSR count). The third-order valence-electron chi connectivity index (χ3n) is 6.39. The van der Waals surface area contributed by atoms with Crippen LogP contribution in [-0.2, 0) is 11.3 Å². The van der Waals surface area contributed by atoms with Crippen molar-refractivity contribution in [3.05, 3.63) is 36.2 Å². The minimum atomic E-state index is -0.953. The minimum Gasteiger partial charge on any atom is -0.463 e. The van der Waals surface area contributed by atoms with Crippen LogP contribution in [0, 0.1) is 0 Å². The molecule has 1 aliphatic carbocycles. The highest BCUT2D eigenvalue weighted by Gasteiger charge is 2.49. The largest absolute Gasteiger partial charge is 0.463 e. The van der Waals surface area contributed by atoms with E-state index in [9.17, 15) is 9.59 Å². The molecule has 3 heterocycles. The number of carbonyl (C=O) groups is 2. The lowest BCUT2D eigenvalue weighted by atomic mass is 9.92. The van der Waals surface area contributed by atoms with E-state index in [2.05, 4.69) is 5.32 Å². The Hall–Kier alpha value is -2.50. The molecule has 6 heteroatoms. The van der Waals surface area contributed by atoms with Crippen LogP contribution in [0.2, 0.25) is 0 Å². The molecule has 6 nitrogen and oxygen atoms in total. The highest BCUT2D eigenvalue weighted by atomic mass is 16.3. The van der Waals surface area contributed by atoms with Crippen LogP contribution in [0.5, 0.6) is 0 Å². The maximum Gasteiger partial charge on any atom is 0.271 e. The van der Waals surface area contributed by atoms with Gasteiger partial charge in [-0.3, -0.25) is 9.59 Å². The van der Waals surface area contributed by atoms with Gasteiger partial charge < -0.3 is 19.2 Å². The number of fused-ring (bicyclic) bond motifs is 1. The van der Waals surface area contributed by atoms with Crippen LogP contribution < -0.4 is 5.32 Å². The fourth-order valence-electron chi connectivity index (χ4n) is 4.95. The molecule has 1 saturated carbocycles. The molecule has 1 fully saturated rings. The molecular weight excluding hydrogens is 366 g/mol. The molecule has 2 aliphatic rings. The summed E-state index contributed by atoms with van der Waals surface area (Å²) in [6, 6.07) is 7.56.